The Kier molecular flexibility index (Phi) is 4.85. The molecule has 1 rings (SSSR count). The Labute approximate surface area is 87.7 Å². The molecule has 3 heteroatoms. The van der Waals surface area contributed by atoms with E-state index >= 15 is 0 Å². The normalized spacial score (nSPS) is 28.7. The van der Waals surface area contributed by atoms with Crippen LogP contribution in [-0.4, -0.2) is 61.3 Å². The molecule has 1 aliphatic rings. The molecule has 0 bridgehead atoms. The monoisotopic (exact) mass is 200 g/mol. The Bertz CT molecular complexity index is 161. The van der Waals surface area contributed by atoms with Crippen molar-refractivity contribution in [2.24, 2.45) is 0 Å². The van der Waals surface area contributed by atoms with Gasteiger partial charge in [0.15, 0.2) is 0 Å². The van der Waals surface area contributed by atoms with Crippen LogP contribution in [0.4, 0.5) is 0 Å². The molecule has 1 saturated carbocycles. The molecule has 0 aliphatic heterocycles. The van der Waals surface area contributed by atoms with E-state index in [1.165, 1.54) is 12.8 Å². The van der Waals surface area contributed by atoms with Crippen LogP contribution in [-0.2, 0) is 0 Å². The number of hydrogen-bond donors (Lipinski definition) is 1. The maximum Gasteiger partial charge on any atom is 0.0695 e. The Balaban J connectivity index is 2.30. The minimum absolute atomic E-state index is 0.101. The van der Waals surface area contributed by atoms with Gasteiger partial charge in [-0.05, 0) is 34.0 Å². The molecule has 0 amide bonds. The Hall–Kier alpha value is -0.120. The minimum atomic E-state index is -0.101. The van der Waals surface area contributed by atoms with Crippen molar-refractivity contribution in [2.45, 2.75) is 37.8 Å². The van der Waals surface area contributed by atoms with Gasteiger partial charge in [0.1, 0.15) is 0 Å². The first-order valence-corrected chi connectivity index (χ1v) is 5.64. The fourth-order valence-electron chi connectivity index (χ4n) is 2.13. The zero-order valence-electron chi connectivity index (χ0n) is 9.74. The van der Waals surface area contributed by atoms with Crippen molar-refractivity contribution in [2.75, 3.05) is 34.2 Å². The van der Waals surface area contributed by atoms with Gasteiger partial charge in [-0.1, -0.05) is 12.8 Å². The first-order valence-electron chi connectivity index (χ1n) is 5.64. The highest BCUT2D eigenvalue weighted by atomic mass is 16.3. The van der Waals surface area contributed by atoms with E-state index in [-0.39, 0.29) is 6.10 Å². The lowest BCUT2D eigenvalue weighted by Crippen LogP contribution is -2.45. The average Bonchev–Trinajstić information content (AvgIpc) is 2.15. The van der Waals surface area contributed by atoms with E-state index in [1.54, 1.807) is 0 Å². The van der Waals surface area contributed by atoms with E-state index in [0.717, 1.165) is 25.9 Å². The lowest BCUT2D eigenvalue weighted by Gasteiger charge is -2.35. The maximum atomic E-state index is 9.85. The molecule has 0 aromatic heterocycles. The molecule has 0 heterocycles. The van der Waals surface area contributed by atoms with Gasteiger partial charge in [-0.25, -0.2) is 0 Å². The van der Waals surface area contributed by atoms with E-state index < -0.39 is 0 Å². The number of aliphatic hydroxyl groups is 1. The summed E-state index contributed by atoms with van der Waals surface area (Å²) < 4.78 is 0. The number of nitrogens with zero attached hydrogens (tertiary/aromatic N) is 2. The van der Waals surface area contributed by atoms with Gasteiger partial charge in [0.05, 0.1) is 6.10 Å². The van der Waals surface area contributed by atoms with Gasteiger partial charge in [0.25, 0.3) is 0 Å². The van der Waals surface area contributed by atoms with Crippen LogP contribution in [0.3, 0.4) is 0 Å². The van der Waals surface area contributed by atoms with Crippen molar-refractivity contribution in [1.82, 2.24) is 9.80 Å². The van der Waals surface area contributed by atoms with E-state index in [4.69, 9.17) is 0 Å². The van der Waals surface area contributed by atoms with Crippen LogP contribution in [0.1, 0.15) is 25.7 Å². The van der Waals surface area contributed by atoms with E-state index in [1.807, 2.05) is 0 Å². The van der Waals surface area contributed by atoms with Gasteiger partial charge in [-0.15, -0.1) is 0 Å². The van der Waals surface area contributed by atoms with Gasteiger partial charge in [-0.2, -0.15) is 0 Å². The summed E-state index contributed by atoms with van der Waals surface area (Å²) in [6.45, 7) is 2.12. The van der Waals surface area contributed by atoms with Crippen molar-refractivity contribution in [3.05, 3.63) is 0 Å². The summed E-state index contributed by atoms with van der Waals surface area (Å²) in [4.78, 5) is 4.50. The average molecular weight is 200 g/mol. The molecule has 2 atom stereocenters. The van der Waals surface area contributed by atoms with Crippen LogP contribution in [0.5, 0.6) is 0 Å². The summed E-state index contributed by atoms with van der Waals surface area (Å²) in [5, 5.41) is 9.85. The molecule has 1 aliphatic carbocycles. The number of rotatable bonds is 4. The SMILES string of the molecule is CN(C)CCN(C)C1CCCCC1O. The molecule has 0 aromatic carbocycles. The second-order valence-electron chi connectivity index (χ2n) is 4.70. The molecule has 0 spiro atoms. The lowest BCUT2D eigenvalue weighted by molar-refractivity contribution is 0.0300. The standard InChI is InChI=1S/C11H24N2O/c1-12(2)8-9-13(3)10-6-4-5-7-11(10)14/h10-11,14H,4-9H2,1-3H3. The van der Waals surface area contributed by atoms with Crippen molar-refractivity contribution in [1.29, 1.82) is 0 Å². The zero-order chi connectivity index (χ0) is 10.6. The molecule has 2 unspecified atom stereocenters. The summed E-state index contributed by atoms with van der Waals surface area (Å²) in [7, 11) is 6.30. The number of likely N-dealkylation sites (N-methyl/N-ethyl adjacent to an activating group) is 2. The molecule has 0 aromatic rings. The van der Waals surface area contributed by atoms with Crippen LogP contribution < -0.4 is 0 Å². The summed E-state index contributed by atoms with van der Waals surface area (Å²) in [6, 6.07) is 0.392. The summed E-state index contributed by atoms with van der Waals surface area (Å²) in [5.74, 6) is 0. The third-order valence-electron chi connectivity index (χ3n) is 3.16. The quantitative estimate of drug-likeness (QED) is 0.726. The molecular formula is C11H24N2O. The topological polar surface area (TPSA) is 26.7 Å². The second-order valence-corrected chi connectivity index (χ2v) is 4.70. The molecule has 14 heavy (non-hydrogen) atoms. The van der Waals surface area contributed by atoms with Crippen LogP contribution in [0.15, 0.2) is 0 Å². The van der Waals surface area contributed by atoms with Gasteiger partial charge >= 0.3 is 0 Å². The van der Waals surface area contributed by atoms with Crippen molar-refractivity contribution >= 4 is 0 Å². The fraction of sp³-hybridized carbons (Fsp3) is 1.00. The van der Waals surface area contributed by atoms with Crippen molar-refractivity contribution in [3.8, 4) is 0 Å². The lowest BCUT2D eigenvalue weighted by atomic mass is 9.91. The first-order chi connectivity index (χ1) is 6.61. The highest BCUT2D eigenvalue weighted by Crippen LogP contribution is 2.21. The predicted octanol–water partition coefficient (Wildman–Crippen LogP) is 0.783. The van der Waals surface area contributed by atoms with E-state index in [9.17, 15) is 5.11 Å². The highest BCUT2D eigenvalue weighted by molar-refractivity contribution is 4.81. The Morgan fingerprint density at radius 1 is 1.07 bits per heavy atom. The van der Waals surface area contributed by atoms with Gasteiger partial charge in [-0.3, -0.25) is 4.90 Å². The molecule has 84 valence electrons. The minimum Gasteiger partial charge on any atom is -0.391 e. The number of aliphatic hydroxyl groups excluding tert-OH is 1. The third kappa shape index (κ3) is 3.56. The number of hydrogen-bond acceptors (Lipinski definition) is 3. The van der Waals surface area contributed by atoms with Gasteiger partial charge < -0.3 is 10.0 Å². The zero-order valence-corrected chi connectivity index (χ0v) is 9.74. The van der Waals surface area contributed by atoms with E-state index in [2.05, 4.69) is 30.9 Å². The van der Waals surface area contributed by atoms with Crippen LogP contribution in [0.25, 0.3) is 0 Å². The van der Waals surface area contributed by atoms with Crippen molar-refractivity contribution < 1.29 is 5.11 Å². The molecule has 0 saturated heterocycles. The van der Waals surface area contributed by atoms with E-state index in [0.29, 0.717) is 6.04 Å². The maximum absolute atomic E-state index is 9.85. The molecule has 1 fully saturated rings. The molecular weight excluding hydrogens is 176 g/mol. The Morgan fingerprint density at radius 3 is 2.29 bits per heavy atom. The summed E-state index contributed by atoms with van der Waals surface area (Å²) in [5.41, 5.74) is 0. The largest absolute Gasteiger partial charge is 0.391 e. The molecule has 3 nitrogen and oxygen atoms in total. The van der Waals surface area contributed by atoms with Crippen LogP contribution >= 0.6 is 0 Å². The third-order valence-corrected chi connectivity index (χ3v) is 3.16. The molecule has 1 N–H and O–H groups in total. The molecule has 0 radical (unpaired) electrons. The smallest absolute Gasteiger partial charge is 0.0695 e. The Morgan fingerprint density at radius 2 is 1.71 bits per heavy atom. The predicted molar refractivity (Wildman–Crippen MR) is 59.4 cm³/mol. The van der Waals surface area contributed by atoms with Crippen LogP contribution in [0.2, 0.25) is 0 Å². The van der Waals surface area contributed by atoms with Gasteiger partial charge in [0.2, 0.25) is 0 Å². The fourth-order valence-corrected chi connectivity index (χ4v) is 2.13. The summed E-state index contributed by atoms with van der Waals surface area (Å²) in [6.07, 6.45) is 4.51. The second kappa shape index (κ2) is 5.69. The first kappa shape index (κ1) is 12.0. The van der Waals surface area contributed by atoms with Crippen molar-refractivity contribution in [3.63, 3.8) is 0 Å². The van der Waals surface area contributed by atoms with Gasteiger partial charge in [0, 0.05) is 19.1 Å². The van der Waals surface area contributed by atoms with Crippen LogP contribution in [0, 0.1) is 0 Å². The summed E-state index contributed by atoms with van der Waals surface area (Å²) >= 11 is 0. The highest BCUT2D eigenvalue weighted by Gasteiger charge is 2.25.